The Morgan fingerprint density at radius 3 is 3.05 bits per heavy atom. The van der Waals surface area contributed by atoms with Crippen LogP contribution in [0, 0.1) is 0 Å². The molecule has 1 heterocycles. The van der Waals surface area contributed by atoms with E-state index in [9.17, 15) is 0 Å². The SMILES string of the molecule is C=CCSc1ccccc1NC1CCOC(C)(CC)C1. The lowest BCUT2D eigenvalue weighted by Crippen LogP contribution is -2.41. The van der Waals surface area contributed by atoms with Gasteiger partial charge in [-0.25, -0.2) is 0 Å². The summed E-state index contributed by atoms with van der Waals surface area (Å²) in [4.78, 5) is 1.30. The van der Waals surface area contributed by atoms with Gasteiger partial charge in [-0.2, -0.15) is 0 Å². The maximum Gasteiger partial charge on any atom is 0.0671 e. The Hall–Kier alpha value is -0.930. The second-order valence-electron chi connectivity index (χ2n) is 5.58. The van der Waals surface area contributed by atoms with Crippen molar-refractivity contribution in [1.29, 1.82) is 0 Å². The molecule has 0 amide bonds. The number of benzene rings is 1. The summed E-state index contributed by atoms with van der Waals surface area (Å²) in [5.41, 5.74) is 1.27. The summed E-state index contributed by atoms with van der Waals surface area (Å²) in [6, 6.07) is 9.04. The Kier molecular flexibility index (Phi) is 5.55. The highest BCUT2D eigenvalue weighted by atomic mass is 32.2. The first-order valence-electron chi connectivity index (χ1n) is 7.40. The normalized spacial score (nSPS) is 26.2. The van der Waals surface area contributed by atoms with Gasteiger partial charge in [0, 0.05) is 29.0 Å². The number of para-hydroxylation sites is 1. The van der Waals surface area contributed by atoms with Gasteiger partial charge in [0.05, 0.1) is 5.60 Å². The summed E-state index contributed by atoms with van der Waals surface area (Å²) in [5.74, 6) is 0.944. The molecule has 1 aromatic carbocycles. The Morgan fingerprint density at radius 2 is 2.30 bits per heavy atom. The molecule has 3 heteroatoms. The smallest absolute Gasteiger partial charge is 0.0671 e. The van der Waals surface area contributed by atoms with Crippen LogP contribution in [-0.2, 0) is 4.74 Å². The van der Waals surface area contributed by atoms with Crippen LogP contribution in [0.5, 0.6) is 0 Å². The Morgan fingerprint density at radius 1 is 1.50 bits per heavy atom. The molecule has 1 fully saturated rings. The second kappa shape index (κ2) is 7.19. The third-order valence-corrected chi connectivity index (χ3v) is 5.02. The molecule has 1 aliphatic heterocycles. The van der Waals surface area contributed by atoms with Crippen LogP contribution in [-0.4, -0.2) is 24.0 Å². The highest BCUT2D eigenvalue weighted by Gasteiger charge is 2.31. The molecule has 2 nitrogen and oxygen atoms in total. The zero-order valence-corrected chi connectivity index (χ0v) is 13.3. The van der Waals surface area contributed by atoms with Gasteiger partial charge in [-0.15, -0.1) is 18.3 Å². The summed E-state index contributed by atoms with van der Waals surface area (Å²) in [6.45, 7) is 9.07. The summed E-state index contributed by atoms with van der Waals surface area (Å²) in [7, 11) is 0. The van der Waals surface area contributed by atoms with E-state index in [1.165, 1.54) is 10.6 Å². The van der Waals surface area contributed by atoms with Gasteiger partial charge in [-0.3, -0.25) is 0 Å². The van der Waals surface area contributed by atoms with Crippen molar-refractivity contribution in [1.82, 2.24) is 0 Å². The van der Waals surface area contributed by atoms with Crippen molar-refractivity contribution in [2.45, 2.75) is 49.6 Å². The van der Waals surface area contributed by atoms with E-state index in [0.717, 1.165) is 31.6 Å². The van der Waals surface area contributed by atoms with E-state index in [4.69, 9.17) is 4.74 Å². The molecule has 2 rings (SSSR count). The number of hydrogen-bond acceptors (Lipinski definition) is 3. The van der Waals surface area contributed by atoms with Crippen LogP contribution in [0.1, 0.15) is 33.1 Å². The van der Waals surface area contributed by atoms with Crippen LogP contribution < -0.4 is 5.32 Å². The molecule has 0 spiro atoms. The number of hydrogen-bond donors (Lipinski definition) is 1. The molecule has 1 saturated heterocycles. The number of nitrogens with one attached hydrogen (secondary N) is 1. The van der Waals surface area contributed by atoms with Crippen molar-refractivity contribution in [2.24, 2.45) is 0 Å². The lowest BCUT2D eigenvalue weighted by atomic mass is 9.90. The molecule has 2 atom stereocenters. The highest BCUT2D eigenvalue weighted by Crippen LogP contribution is 2.32. The zero-order chi connectivity index (χ0) is 14.4. The molecule has 0 radical (unpaired) electrons. The van der Waals surface area contributed by atoms with Crippen LogP contribution in [0.15, 0.2) is 41.8 Å². The fourth-order valence-corrected chi connectivity index (χ4v) is 3.33. The van der Waals surface area contributed by atoms with Crippen molar-refractivity contribution in [3.8, 4) is 0 Å². The van der Waals surface area contributed by atoms with Crippen molar-refractivity contribution in [2.75, 3.05) is 17.7 Å². The topological polar surface area (TPSA) is 21.3 Å². The molecule has 2 unspecified atom stereocenters. The van der Waals surface area contributed by atoms with Gasteiger partial charge in [0.25, 0.3) is 0 Å². The minimum atomic E-state index is 0.0269. The molecule has 110 valence electrons. The van der Waals surface area contributed by atoms with Crippen molar-refractivity contribution in [3.05, 3.63) is 36.9 Å². The largest absolute Gasteiger partial charge is 0.381 e. The zero-order valence-electron chi connectivity index (χ0n) is 12.5. The maximum atomic E-state index is 5.92. The molecule has 20 heavy (non-hydrogen) atoms. The van der Waals surface area contributed by atoms with E-state index >= 15 is 0 Å². The van der Waals surface area contributed by atoms with E-state index in [-0.39, 0.29) is 5.60 Å². The fraction of sp³-hybridized carbons (Fsp3) is 0.529. The van der Waals surface area contributed by atoms with Gasteiger partial charge >= 0.3 is 0 Å². The lowest BCUT2D eigenvalue weighted by molar-refractivity contribution is -0.0709. The molecule has 1 aliphatic rings. The minimum absolute atomic E-state index is 0.0269. The molecule has 1 aromatic rings. The van der Waals surface area contributed by atoms with Crippen molar-refractivity contribution in [3.63, 3.8) is 0 Å². The summed E-state index contributed by atoms with van der Waals surface area (Å²) in [6.07, 6.45) is 5.17. The second-order valence-corrected chi connectivity index (χ2v) is 6.64. The van der Waals surface area contributed by atoms with Crippen LogP contribution >= 0.6 is 11.8 Å². The number of anilines is 1. The number of ether oxygens (including phenoxy) is 1. The van der Waals surface area contributed by atoms with Gasteiger partial charge in [-0.05, 0) is 38.3 Å². The average Bonchev–Trinajstić information content (AvgIpc) is 2.46. The van der Waals surface area contributed by atoms with E-state index in [0.29, 0.717) is 6.04 Å². The molecule has 1 N–H and O–H groups in total. The first-order chi connectivity index (χ1) is 9.67. The number of rotatable bonds is 6. The van der Waals surface area contributed by atoms with Gasteiger partial charge in [0.1, 0.15) is 0 Å². The minimum Gasteiger partial charge on any atom is -0.381 e. The van der Waals surface area contributed by atoms with Crippen LogP contribution in [0.25, 0.3) is 0 Å². The van der Waals surface area contributed by atoms with Gasteiger partial charge in [0.2, 0.25) is 0 Å². The molecule has 0 aromatic heterocycles. The van der Waals surface area contributed by atoms with E-state index in [2.05, 4.69) is 50.0 Å². The molecule has 0 saturated carbocycles. The van der Waals surface area contributed by atoms with E-state index in [1.807, 2.05) is 17.8 Å². The number of thioether (sulfide) groups is 1. The quantitative estimate of drug-likeness (QED) is 0.605. The van der Waals surface area contributed by atoms with Crippen LogP contribution in [0.2, 0.25) is 0 Å². The van der Waals surface area contributed by atoms with Gasteiger partial charge in [0.15, 0.2) is 0 Å². The highest BCUT2D eigenvalue weighted by molar-refractivity contribution is 7.99. The standard InChI is InChI=1S/C17H25NOS/c1-4-12-20-16-9-7-6-8-15(16)18-14-10-11-19-17(3,5-2)13-14/h4,6-9,14,18H,1,5,10-13H2,2-3H3. The predicted molar refractivity (Wildman–Crippen MR) is 88.7 cm³/mol. The lowest BCUT2D eigenvalue weighted by Gasteiger charge is -2.38. The van der Waals surface area contributed by atoms with Crippen molar-refractivity contribution < 1.29 is 4.74 Å². The Bertz CT molecular complexity index is 448. The first kappa shape index (κ1) is 15.5. The molecule has 0 bridgehead atoms. The Labute approximate surface area is 127 Å². The van der Waals surface area contributed by atoms with Crippen molar-refractivity contribution >= 4 is 17.4 Å². The van der Waals surface area contributed by atoms with E-state index in [1.54, 1.807) is 0 Å². The van der Waals surface area contributed by atoms with Crippen LogP contribution in [0.3, 0.4) is 0 Å². The summed E-state index contributed by atoms with van der Waals surface area (Å²) >= 11 is 1.83. The monoisotopic (exact) mass is 291 g/mol. The van der Waals surface area contributed by atoms with Gasteiger partial charge in [-0.1, -0.05) is 25.1 Å². The molecule has 0 aliphatic carbocycles. The Balaban J connectivity index is 2.04. The van der Waals surface area contributed by atoms with Gasteiger partial charge < -0.3 is 10.1 Å². The third kappa shape index (κ3) is 4.03. The fourth-order valence-electron chi connectivity index (χ4n) is 2.58. The maximum absolute atomic E-state index is 5.92. The molecular weight excluding hydrogens is 266 g/mol. The first-order valence-corrected chi connectivity index (χ1v) is 8.38. The summed E-state index contributed by atoms with van der Waals surface area (Å²) < 4.78 is 5.92. The van der Waals surface area contributed by atoms with E-state index < -0.39 is 0 Å². The predicted octanol–water partition coefficient (Wildman–Crippen LogP) is 4.72. The van der Waals surface area contributed by atoms with Crippen LogP contribution in [0.4, 0.5) is 5.69 Å². The third-order valence-electron chi connectivity index (χ3n) is 3.95. The summed E-state index contributed by atoms with van der Waals surface area (Å²) in [5, 5.41) is 3.71. The average molecular weight is 291 g/mol. The molecular formula is C17H25NOS.